The van der Waals surface area contributed by atoms with Crippen molar-refractivity contribution in [3.8, 4) is 22.8 Å². The van der Waals surface area contributed by atoms with Gasteiger partial charge < -0.3 is 4.74 Å². The first kappa shape index (κ1) is 18.7. The molecular weight excluding hydrogens is 512 g/mol. The highest BCUT2D eigenvalue weighted by Gasteiger charge is 2.20. The molecule has 0 amide bonds. The van der Waals surface area contributed by atoms with Gasteiger partial charge in [-0.1, -0.05) is 41.7 Å². The minimum Gasteiger partial charge on any atom is -0.496 e. The van der Waals surface area contributed by atoms with Crippen LogP contribution in [0.1, 0.15) is 0 Å². The number of benzene rings is 2. The molecule has 0 radical (unpaired) electrons. The van der Waals surface area contributed by atoms with E-state index in [1.807, 2.05) is 59.2 Å². The Balaban J connectivity index is 1.86. The monoisotopic (exact) mass is 522 g/mol. The molecule has 0 saturated carbocycles. The van der Waals surface area contributed by atoms with Crippen LogP contribution in [0.5, 0.6) is 5.75 Å². The maximum absolute atomic E-state index is 5.53. The van der Waals surface area contributed by atoms with Crippen LogP contribution >= 0.6 is 55.0 Å². The van der Waals surface area contributed by atoms with Crippen LogP contribution in [0.2, 0.25) is 0 Å². The Morgan fingerprint density at radius 3 is 2.44 bits per heavy atom. The number of nitrogens with zero attached hydrogens (tertiary/aromatic N) is 4. The maximum Gasteiger partial charge on any atom is 0.203 e. The van der Waals surface area contributed by atoms with Crippen molar-refractivity contribution in [1.29, 1.82) is 0 Å². The summed E-state index contributed by atoms with van der Waals surface area (Å²) in [6, 6.07) is 17.8. The first-order chi connectivity index (χ1) is 13.2. The van der Waals surface area contributed by atoms with Crippen molar-refractivity contribution in [2.45, 2.75) is 9.50 Å². The van der Waals surface area contributed by atoms with Gasteiger partial charge in [-0.25, -0.2) is 4.98 Å². The summed E-state index contributed by atoms with van der Waals surface area (Å²) in [5.41, 5.74) is 1.85. The zero-order valence-electron chi connectivity index (χ0n) is 14.0. The minimum atomic E-state index is 0.718. The maximum atomic E-state index is 5.53. The SMILES string of the molecule is COc1ccccc1-c1nnc(Sc2nc(Br)c(Br)s2)n1-c1ccccc1. The third kappa shape index (κ3) is 3.82. The fourth-order valence-electron chi connectivity index (χ4n) is 2.54. The summed E-state index contributed by atoms with van der Waals surface area (Å²) in [7, 11) is 1.66. The molecule has 0 aliphatic rings. The standard InChI is InChI=1S/C18H12Br2N4OS2/c1-25-13-10-6-5-9-12(13)16-22-23-17(24(16)11-7-3-2-4-8-11)27-18-21-14(19)15(20)26-18/h2-10H,1H3. The zero-order valence-corrected chi connectivity index (χ0v) is 18.8. The normalized spacial score (nSPS) is 10.9. The molecule has 0 fully saturated rings. The highest BCUT2D eigenvalue weighted by atomic mass is 79.9. The van der Waals surface area contributed by atoms with E-state index in [1.54, 1.807) is 18.4 Å². The molecule has 0 unspecified atom stereocenters. The van der Waals surface area contributed by atoms with Crippen LogP contribution in [0.25, 0.3) is 17.1 Å². The topological polar surface area (TPSA) is 52.8 Å². The predicted octanol–water partition coefficient (Wildman–Crippen LogP) is 6.08. The second-order valence-corrected chi connectivity index (χ2v) is 9.61. The molecule has 5 nitrogen and oxygen atoms in total. The summed E-state index contributed by atoms with van der Waals surface area (Å²) < 4.78 is 10.1. The Morgan fingerprint density at radius 1 is 1.00 bits per heavy atom. The number of ether oxygens (including phenoxy) is 1. The molecule has 2 aromatic carbocycles. The average molecular weight is 524 g/mol. The van der Waals surface area contributed by atoms with E-state index in [1.165, 1.54) is 11.8 Å². The van der Waals surface area contributed by atoms with E-state index < -0.39 is 0 Å². The molecule has 0 N–H and O–H groups in total. The quantitative estimate of drug-likeness (QED) is 0.317. The molecule has 4 aromatic rings. The molecule has 0 spiro atoms. The number of thiazole rings is 1. The van der Waals surface area contributed by atoms with E-state index in [0.717, 1.165) is 40.7 Å². The second kappa shape index (κ2) is 8.14. The molecule has 2 aromatic heterocycles. The number of rotatable bonds is 5. The molecule has 0 bridgehead atoms. The van der Waals surface area contributed by atoms with Gasteiger partial charge in [0, 0.05) is 5.69 Å². The number of hydrogen-bond acceptors (Lipinski definition) is 6. The lowest BCUT2D eigenvalue weighted by molar-refractivity contribution is 0.416. The second-order valence-electron chi connectivity index (χ2n) is 5.32. The van der Waals surface area contributed by atoms with Gasteiger partial charge in [-0.2, -0.15) is 0 Å². The van der Waals surface area contributed by atoms with Crippen molar-refractivity contribution in [2.24, 2.45) is 0 Å². The first-order valence-electron chi connectivity index (χ1n) is 7.81. The van der Waals surface area contributed by atoms with E-state index in [2.05, 4.69) is 47.0 Å². The molecular formula is C18H12Br2N4OS2. The Hall–Kier alpha value is -1.68. The summed E-state index contributed by atoms with van der Waals surface area (Å²) in [6.45, 7) is 0. The van der Waals surface area contributed by atoms with Crippen LogP contribution < -0.4 is 4.74 Å². The molecule has 27 heavy (non-hydrogen) atoms. The summed E-state index contributed by atoms with van der Waals surface area (Å²) >= 11 is 9.93. The van der Waals surface area contributed by atoms with Crippen LogP contribution in [0.4, 0.5) is 0 Å². The van der Waals surface area contributed by atoms with Crippen molar-refractivity contribution in [1.82, 2.24) is 19.7 Å². The largest absolute Gasteiger partial charge is 0.496 e. The van der Waals surface area contributed by atoms with Gasteiger partial charge >= 0.3 is 0 Å². The van der Waals surface area contributed by atoms with Gasteiger partial charge in [-0.3, -0.25) is 4.57 Å². The molecule has 0 aliphatic carbocycles. The van der Waals surface area contributed by atoms with E-state index in [0.29, 0.717) is 0 Å². The average Bonchev–Trinajstić information content (AvgIpc) is 3.25. The fraction of sp³-hybridized carbons (Fsp3) is 0.0556. The van der Waals surface area contributed by atoms with Gasteiger partial charge in [0.25, 0.3) is 0 Å². The number of hydrogen-bond donors (Lipinski definition) is 0. The molecule has 136 valence electrons. The van der Waals surface area contributed by atoms with Crippen molar-refractivity contribution < 1.29 is 4.74 Å². The first-order valence-corrected chi connectivity index (χ1v) is 11.0. The molecule has 0 aliphatic heterocycles. The van der Waals surface area contributed by atoms with Crippen LogP contribution in [0, 0.1) is 0 Å². The van der Waals surface area contributed by atoms with Crippen molar-refractivity contribution in [2.75, 3.05) is 7.11 Å². The summed E-state index contributed by atoms with van der Waals surface area (Å²) in [5, 5.41) is 9.63. The van der Waals surface area contributed by atoms with Crippen LogP contribution in [0.15, 0.2) is 72.5 Å². The number of halogens is 2. The van der Waals surface area contributed by atoms with Gasteiger partial charge in [0.15, 0.2) is 10.2 Å². The van der Waals surface area contributed by atoms with E-state index in [9.17, 15) is 0 Å². The van der Waals surface area contributed by atoms with Crippen LogP contribution in [-0.2, 0) is 0 Å². The lowest BCUT2D eigenvalue weighted by Crippen LogP contribution is -2.00. The van der Waals surface area contributed by atoms with Crippen LogP contribution in [-0.4, -0.2) is 26.9 Å². The van der Waals surface area contributed by atoms with Gasteiger partial charge in [0.05, 0.1) is 12.7 Å². The fourth-order valence-corrected chi connectivity index (χ4v) is 5.78. The Kier molecular flexibility index (Phi) is 5.63. The Bertz CT molecular complexity index is 1060. The summed E-state index contributed by atoms with van der Waals surface area (Å²) in [6.07, 6.45) is 0. The third-order valence-corrected chi connectivity index (χ3v) is 7.78. The predicted molar refractivity (Wildman–Crippen MR) is 115 cm³/mol. The zero-order chi connectivity index (χ0) is 18.8. The summed E-state index contributed by atoms with van der Waals surface area (Å²) in [5.74, 6) is 1.47. The lowest BCUT2D eigenvalue weighted by atomic mass is 10.2. The minimum absolute atomic E-state index is 0.718. The molecule has 0 atom stereocenters. The smallest absolute Gasteiger partial charge is 0.203 e. The third-order valence-electron chi connectivity index (χ3n) is 3.70. The van der Waals surface area contributed by atoms with Crippen LogP contribution in [0.3, 0.4) is 0 Å². The Labute approximate surface area is 181 Å². The summed E-state index contributed by atoms with van der Waals surface area (Å²) in [4.78, 5) is 4.50. The van der Waals surface area contributed by atoms with Crippen molar-refractivity contribution in [3.63, 3.8) is 0 Å². The molecule has 4 rings (SSSR count). The van der Waals surface area contributed by atoms with E-state index in [-0.39, 0.29) is 0 Å². The van der Waals surface area contributed by atoms with Crippen molar-refractivity contribution >= 4 is 55.0 Å². The van der Waals surface area contributed by atoms with Gasteiger partial charge in [-0.15, -0.1) is 10.2 Å². The number of aromatic nitrogens is 4. The lowest BCUT2D eigenvalue weighted by Gasteiger charge is -2.11. The molecule has 9 heteroatoms. The Morgan fingerprint density at radius 2 is 1.74 bits per heavy atom. The van der Waals surface area contributed by atoms with Crippen molar-refractivity contribution in [3.05, 3.63) is 63.0 Å². The molecule has 0 saturated heterocycles. The van der Waals surface area contributed by atoms with E-state index in [4.69, 9.17) is 4.74 Å². The van der Waals surface area contributed by atoms with Gasteiger partial charge in [0.1, 0.15) is 14.1 Å². The van der Waals surface area contributed by atoms with E-state index >= 15 is 0 Å². The number of para-hydroxylation sites is 2. The van der Waals surface area contributed by atoms with Gasteiger partial charge in [0.2, 0.25) is 5.16 Å². The molecule has 2 heterocycles. The van der Waals surface area contributed by atoms with Gasteiger partial charge in [-0.05, 0) is 67.9 Å². The highest BCUT2D eigenvalue weighted by molar-refractivity contribution is 9.13. The highest BCUT2D eigenvalue weighted by Crippen LogP contribution is 2.39. The number of methoxy groups -OCH3 is 1.